The van der Waals surface area contributed by atoms with Gasteiger partial charge in [-0.25, -0.2) is 4.98 Å². The highest BCUT2D eigenvalue weighted by molar-refractivity contribution is 5.91. The first-order valence-electron chi connectivity index (χ1n) is 4.79. The molecule has 3 rings (SSSR count). The molecule has 0 aliphatic rings. The lowest BCUT2D eigenvalue weighted by Gasteiger charge is -1.97. The predicted octanol–water partition coefficient (Wildman–Crippen LogP) is 2.26. The molecule has 4 heteroatoms. The van der Waals surface area contributed by atoms with Crippen LogP contribution >= 0.6 is 0 Å². The summed E-state index contributed by atoms with van der Waals surface area (Å²) in [7, 11) is 0. The van der Waals surface area contributed by atoms with Crippen molar-refractivity contribution < 1.29 is 0 Å². The summed E-state index contributed by atoms with van der Waals surface area (Å²) in [5, 5.41) is 6.76. The van der Waals surface area contributed by atoms with Crippen LogP contribution in [0.4, 0.5) is 0 Å². The maximum atomic E-state index is 4.47. The number of benzene rings is 1. The second-order valence-electron chi connectivity index (χ2n) is 3.51. The Kier molecular flexibility index (Phi) is 1.62. The molecule has 0 radical (unpaired) electrons. The Balaban J connectivity index is 2.35. The molecule has 74 valence electrons. The van der Waals surface area contributed by atoms with Crippen molar-refractivity contribution in [2.75, 3.05) is 0 Å². The molecule has 2 aromatic heterocycles. The largest absolute Gasteiger partial charge is 0.342 e. The molecular weight excluding hydrogens is 188 g/mol. The van der Waals surface area contributed by atoms with Crippen molar-refractivity contribution >= 4 is 11.0 Å². The summed E-state index contributed by atoms with van der Waals surface area (Å²) >= 11 is 0. The molecule has 0 unspecified atom stereocenters. The highest BCUT2D eigenvalue weighted by atomic mass is 15.1. The number of H-pyrrole nitrogens is 2. The van der Waals surface area contributed by atoms with Crippen LogP contribution in [0.5, 0.6) is 0 Å². The highest BCUT2D eigenvalue weighted by Gasteiger charge is 2.07. The van der Waals surface area contributed by atoms with Gasteiger partial charge in [0.2, 0.25) is 0 Å². The van der Waals surface area contributed by atoms with Gasteiger partial charge in [-0.15, -0.1) is 0 Å². The van der Waals surface area contributed by atoms with Crippen molar-refractivity contribution in [1.82, 2.24) is 20.2 Å². The predicted molar refractivity (Wildman–Crippen MR) is 58.4 cm³/mol. The Bertz CT molecular complexity index is 592. The molecule has 0 saturated heterocycles. The fourth-order valence-corrected chi connectivity index (χ4v) is 1.79. The third kappa shape index (κ3) is 1.22. The normalized spacial score (nSPS) is 11.0. The monoisotopic (exact) mass is 198 g/mol. The molecule has 2 heterocycles. The SMILES string of the molecule is Cc1nc2c(-c3cn[nH]c3)cccc2[nH]1. The number of para-hydroxylation sites is 1. The second-order valence-corrected chi connectivity index (χ2v) is 3.51. The Labute approximate surface area is 86.4 Å². The Morgan fingerprint density at radius 3 is 3.00 bits per heavy atom. The number of imidazole rings is 1. The van der Waals surface area contributed by atoms with Crippen molar-refractivity contribution in [2.24, 2.45) is 0 Å². The summed E-state index contributed by atoms with van der Waals surface area (Å²) < 4.78 is 0. The van der Waals surface area contributed by atoms with Gasteiger partial charge >= 0.3 is 0 Å². The number of hydrogen-bond donors (Lipinski definition) is 2. The van der Waals surface area contributed by atoms with Gasteiger partial charge in [0.15, 0.2) is 0 Å². The summed E-state index contributed by atoms with van der Waals surface area (Å²) in [6.07, 6.45) is 3.68. The molecule has 0 aliphatic carbocycles. The average molecular weight is 198 g/mol. The van der Waals surface area contributed by atoms with E-state index in [1.807, 2.05) is 31.3 Å². The van der Waals surface area contributed by atoms with Crippen molar-refractivity contribution in [3.8, 4) is 11.1 Å². The molecule has 0 spiro atoms. The van der Waals surface area contributed by atoms with E-state index in [1.54, 1.807) is 6.20 Å². The van der Waals surface area contributed by atoms with E-state index in [1.165, 1.54) is 0 Å². The van der Waals surface area contributed by atoms with Gasteiger partial charge in [0.05, 0.1) is 17.2 Å². The third-order valence-electron chi connectivity index (χ3n) is 2.44. The van der Waals surface area contributed by atoms with Gasteiger partial charge in [0.25, 0.3) is 0 Å². The molecule has 1 aromatic carbocycles. The van der Waals surface area contributed by atoms with Crippen molar-refractivity contribution in [1.29, 1.82) is 0 Å². The van der Waals surface area contributed by atoms with Gasteiger partial charge in [-0.3, -0.25) is 5.10 Å². The van der Waals surface area contributed by atoms with Gasteiger partial charge in [-0.05, 0) is 13.0 Å². The van der Waals surface area contributed by atoms with Gasteiger partial charge in [-0.1, -0.05) is 12.1 Å². The van der Waals surface area contributed by atoms with Crippen LogP contribution < -0.4 is 0 Å². The smallest absolute Gasteiger partial charge is 0.104 e. The van der Waals surface area contributed by atoms with Gasteiger partial charge in [-0.2, -0.15) is 5.10 Å². The van der Waals surface area contributed by atoms with Gasteiger partial charge in [0, 0.05) is 17.3 Å². The maximum Gasteiger partial charge on any atom is 0.104 e. The van der Waals surface area contributed by atoms with Gasteiger partial charge in [0.1, 0.15) is 5.82 Å². The lowest BCUT2D eigenvalue weighted by atomic mass is 10.1. The summed E-state index contributed by atoms with van der Waals surface area (Å²) in [5.41, 5.74) is 4.22. The Hall–Kier alpha value is -2.10. The lowest BCUT2D eigenvalue weighted by molar-refractivity contribution is 1.09. The molecule has 0 atom stereocenters. The third-order valence-corrected chi connectivity index (χ3v) is 2.44. The van der Waals surface area contributed by atoms with E-state index in [0.717, 1.165) is 28.0 Å². The van der Waals surface area contributed by atoms with E-state index in [0.29, 0.717) is 0 Å². The highest BCUT2D eigenvalue weighted by Crippen LogP contribution is 2.25. The van der Waals surface area contributed by atoms with Crippen LogP contribution in [0, 0.1) is 6.92 Å². The summed E-state index contributed by atoms with van der Waals surface area (Å²) in [4.78, 5) is 7.69. The van der Waals surface area contributed by atoms with Gasteiger partial charge < -0.3 is 4.98 Å². The number of aryl methyl sites for hydroxylation is 1. The molecule has 0 aliphatic heterocycles. The minimum atomic E-state index is 0.931. The Morgan fingerprint density at radius 2 is 2.20 bits per heavy atom. The van der Waals surface area contributed by atoms with E-state index in [2.05, 4.69) is 20.2 Å². The minimum Gasteiger partial charge on any atom is -0.342 e. The van der Waals surface area contributed by atoms with E-state index in [9.17, 15) is 0 Å². The summed E-state index contributed by atoms with van der Waals surface area (Å²) in [6.45, 7) is 1.96. The van der Waals surface area contributed by atoms with Crippen LogP contribution in [0.2, 0.25) is 0 Å². The average Bonchev–Trinajstić information content (AvgIpc) is 2.82. The number of hydrogen-bond acceptors (Lipinski definition) is 2. The number of nitrogens with one attached hydrogen (secondary N) is 2. The van der Waals surface area contributed by atoms with Crippen molar-refractivity contribution in [3.05, 3.63) is 36.4 Å². The lowest BCUT2D eigenvalue weighted by Crippen LogP contribution is -1.77. The molecule has 3 aromatic rings. The first-order valence-corrected chi connectivity index (χ1v) is 4.79. The topological polar surface area (TPSA) is 57.4 Å². The van der Waals surface area contributed by atoms with Crippen LogP contribution in [0.15, 0.2) is 30.6 Å². The quantitative estimate of drug-likeness (QED) is 0.630. The van der Waals surface area contributed by atoms with Crippen LogP contribution in [0.25, 0.3) is 22.2 Å². The van der Waals surface area contributed by atoms with Crippen molar-refractivity contribution in [3.63, 3.8) is 0 Å². The van der Waals surface area contributed by atoms with E-state index < -0.39 is 0 Å². The van der Waals surface area contributed by atoms with Crippen LogP contribution in [-0.2, 0) is 0 Å². The number of aromatic amines is 2. The zero-order valence-corrected chi connectivity index (χ0v) is 8.28. The standard InChI is InChI=1S/C11H10N4/c1-7-14-10-4-2-3-9(11(10)15-7)8-5-12-13-6-8/h2-6H,1H3,(H,12,13)(H,14,15). The zero-order valence-electron chi connectivity index (χ0n) is 8.28. The molecule has 0 fully saturated rings. The maximum absolute atomic E-state index is 4.47. The molecule has 4 nitrogen and oxygen atoms in total. The number of rotatable bonds is 1. The number of fused-ring (bicyclic) bond motifs is 1. The molecule has 0 amide bonds. The molecule has 0 bridgehead atoms. The molecular formula is C11H10N4. The fraction of sp³-hybridized carbons (Fsp3) is 0.0909. The van der Waals surface area contributed by atoms with E-state index >= 15 is 0 Å². The minimum absolute atomic E-state index is 0.931. The fourth-order valence-electron chi connectivity index (χ4n) is 1.79. The number of aromatic nitrogens is 4. The van der Waals surface area contributed by atoms with Crippen LogP contribution in [0.1, 0.15) is 5.82 Å². The number of nitrogens with zero attached hydrogens (tertiary/aromatic N) is 2. The van der Waals surface area contributed by atoms with E-state index in [-0.39, 0.29) is 0 Å². The first-order chi connectivity index (χ1) is 7.34. The Morgan fingerprint density at radius 1 is 1.27 bits per heavy atom. The molecule has 2 N–H and O–H groups in total. The molecule has 0 saturated carbocycles. The van der Waals surface area contributed by atoms with Crippen LogP contribution in [0.3, 0.4) is 0 Å². The molecule has 15 heavy (non-hydrogen) atoms. The summed E-state index contributed by atoms with van der Waals surface area (Å²) in [6, 6.07) is 6.09. The zero-order chi connectivity index (χ0) is 10.3. The second kappa shape index (κ2) is 2.95. The van der Waals surface area contributed by atoms with E-state index in [4.69, 9.17) is 0 Å². The first kappa shape index (κ1) is 8.23. The van der Waals surface area contributed by atoms with Crippen molar-refractivity contribution in [2.45, 2.75) is 6.92 Å². The van der Waals surface area contributed by atoms with Crippen LogP contribution in [-0.4, -0.2) is 20.2 Å². The summed E-state index contributed by atoms with van der Waals surface area (Å²) in [5.74, 6) is 0.931.